The number of benzene rings is 2. The fourth-order valence-corrected chi connectivity index (χ4v) is 3.03. The van der Waals surface area contributed by atoms with Gasteiger partial charge in [-0.1, -0.05) is 41.6 Å². The van der Waals surface area contributed by atoms with E-state index < -0.39 is 0 Å². The van der Waals surface area contributed by atoms with Gasteiger partial charge >= 0.3 is 0 Å². The largest absolute Gasteiger partial charge is 0.497 e. The molecule has 0 spiro atoms. The van der Waals surface area contributed by atoms with Crippen molar-refractivity contribution in [3.05, 3.63) is 71.8 Å². The van der Waals surface area contributed by atoms with Gasteiger partial charge in [-0.15, -0.1) is 10.2 Å². The molecule has 0 aliphatic heterocycles. The Balaban J connectivity index is 1.66. The molecule has 4 heteroatoms. The summed E-state index contributed by atoms with van der Waals surface area (Å²) >= 11 is 1.70. The molecule has 0 aliphatic rings. The summed E-state index contributed by atoms with van der Waals surface area (Å²) in [6.07, 6.45) is 0. The maximum atomic E-state index is 5.17. The third-order valence-corrected chi connectivity index (χ3v) is 4.49. The number of ether oxygens (including phenoxy) is 1. The first kappa shape index (κ1) is 15.6. The maximum absolute atomic E-state index is 5.17. The van der Waals surface area contributed by atoms with Crippen LogP contribution in [0.2, 0.25) is 0 Å². The Labute approximate surface area is 140 Å². The molecule has 2 aromatic carbocycles. The van der Waals surface area contributed by atoms with E-state index in [2.05, 4.69) is 41.4 Å². The van der Waals surface area contributed by atoms with E-state index in [0.29, 0.717) is 0 Å². The number of thioether (sulfide) groups is 1. The van der Waals surface area contributed by atoms with Crippen LogP contribution in [-0.4, -0.2) is 17.3 Å². The van der Waals surface area contributed by atoms with Gasteiger partial charge in [0.25, 0.3) is 0 Å². The highest BCUT2D eigenvalue weighted by Gasteiger charge is 2.03. The first-order chi connectivity index (χ1) is 11.2. The van der Waals surface area contributed by atoms with Crippen molar-refractivity contribution in [2.75, 3.05) is 7.11 Å². The molecule has 0 bridgehead atoms. The van der Waals surface area contributed by atoms with E-state index in [1.807, 2.05) is 36.4 Å². The third-order valence-electron chi connectivity index (χ3n) is 3.50. The van der Waals surface area contributed by atoms with Crippen molar-refractivity contribution < 1.29 is 4.74 Å². The summed E-state index contributed by atoms with van der Waals surface area (Å²) in [5.74, 6) is 1.74. The second-order valence-electron chi connectivity index (χ2n) is 5.26. The van der Waals surface area contributed by atoms with Crippen LogP contribution in [0.25, 0.3) is 11.3 Å². The molecule has 0 amide bonds. The monoisotopic (exact) mass is 322 g/mol. The standard InChI is InChI=1S/C19H18N2OS/c1-14-4-3-5-15(12-14)13-23-19-11-10-18(20-21-19)16-6-8-17(22-2)9-7-16/h3-12H,13H2,1-2H3. The molecule has 3 aromatic rings. The Morgan fingerprint density at radius 1 is 0.957 bits per heavy atom. The number of rotatable bonds is 5. The van der Waals surface area contributed by atoms with Crippen LogP contribution in [0.1, 0.15) is 11.1 Å². The van der Waals surface area contributed by atoms with E-state index in [0.717, 1.165) is 27.8 Å². The second kappa shape index (κ2) is 7.29. The minimum atomic E-state index is 0.840. The van der Waals surface area contributed by atoms with Crippen LogP contribution in [-0.2, 0) is 5.75 Å². The molecular formula is C19H18N2OS. The average Bonchev–Trinajstić information content (AvgIpc) is 2.61. The highest BCUT2D eigenvalue weighted by atomic mass is 32.2. The van der Waals surface area contributed by atoms with Gasteiger partial charge in [-0.05, 0) is 48.9 Å². The fourth-order valence-electron chi connectivity index (χ4n) is 2.27. The van der Waals surface area contributed by atoms with Crippen molar-refractivity contribution in [3.8, 4) is 17.0 Å². The summed E-state index contributed by atoms with van der Waals surface area (Å²) in [5.41, 5.74) is 4.49. The second-order valence-corrected chi connectivity index (χ2v) is 6.26. The van der Waals surface area contributed by atoms with Gasteiger partial charge in [0.2, 0.25) is 0 Å². The summed E-state index contributed by atoms with van der Waals surface area (Å²) < 4.78 is 5.17. The Bertz CT molecular complexity index is 770. The first-order valence-corrected chi connectivity index (χ1v) is 8.39. The Kier molecular flexibility index (Phi) is 4.93. The molecule has 0 saturated heterocycles. The van der Waals surface area contributed by atoms with E-state index >= 15 is 0 Å². The molecular weight excluding hydrogens is 304 g/mol. The quantitative estimate of drug-likeness (QED) is 0.635. The van der Waals surface area contributed by atoms with Crippen LogP contribution in [0, 0.1) is 6.92 Å². The van der Waals surface area contributed by atoms with Crippen LogP contribution < -0.4 is 4.74 Å². The molecule has 0 aliphatic carbocycles. The molecule has 23 heavy (non-hydrogen) atoms. The summed E-state index contributed by atoms with van der Waals surface area (Å²) in [6.45, 7) is 2.11. The highest BCUT2D eigenvalue weighted by molar-refractivity contribution is 7.98. The summed E-state index contributed by atoms with van der Waals surface area (Å²) in [5, 5.41) is 9.57. The molecule has 1 heterocycles. The molecule has 0 radical (unpaired) electrons. The average molecular weight is 322 g/mol. The van der Waals surface area contributed by atoms with Crippen molar-refractivity contribution in [1.82, 2.24) is 10.2 Å². The lowest BCUT2D eigenvalue weighted by Gasteiger charge is -2.04. The number of hydrogen-bond donors (Lipinski definition) is 0. The van der Waals surface area contributed by atoms with Crippen LogP contribution in [0.3, 0.4) is 0 Å². The van der Waals surface area contributed by atoms with E-state index in [4.69, 9.17) is 4.74 Å². The van der Waals surface area contributed by atoms with Gasteiger partial charge in [0, 0.05) is 11.3 Å². The van der Waals surface area contributed by atoms with Gasteiger partial charge in [0.15, 0.2) is 0 Å². The first-order valence-electron chi connectivity index (χ1n) is 7.41. The summed E-state index contributed by atoms with van der Waals surface area (Å²) in [7, 11) is 1.66. The number of methoxy groups -OCH3 is 1. The molecule has 0 fully saturated rings. The molecule has 3 nitrogen and oxygen atoms in total. The van der Waals surface area contributed by atoms with Crippen LogP contribution >= 0.6 is 11.8 Å². The molecule has 0 atom stereocenters. The van der Waals surface area contributed by atoms with E-state index in [-0.39, 0.29) is 0 Å². The van der Waals surface area contributed by atoms with Crippen LogP contribution in [0.5, 0.6) is 5.75 Å². The van der Waals surface area contributed by atoms with E-state index in [9.17, 15) is 0 Å². The van der Waals surface area contributed by atoms with E-state index in [1.54, 1.807) is 18.9 Å². The number of aryl methyl sites for hydroxylation is 1. The third kappa shape index (κ3) is 4.11. The molecule has 0 unspecified atom stereocenters. The predicted octanol–water partition coefficient (Wildman–Crippen LogP) is 4.75. The van der Waals surface area contributed by atoms with Crippen molar-refractivity contribution in [2.24, 2.45) is 0 Å². The van der Waals surface area contributed by atoms with Crippen molar-refractivity contribution in [1.29, 1.82) is 0 Å². The van der Waals surface area contributed by atoms with E-state index in [1.165, 1.54) is 11.1 Å². The van der Waals surface area contributed by atoms with Crippen molar-refractivity contribution >= 4 is 11.8 Å². The highest BCUT2D eigenvalue weighted by Crippen LogP contribution is 2.24. The number of nitrogens with zero attached hydrogens (tertiary/aromatic N) is 2. The van der Waals surface area contributed by atoms with Gasteiger partial charge in [-0.25, -0.2) is 0 Å². The Morgan fingerprint density at radius 2 is 1.78 bits per heavy atom. The van der Waals surface area contributed by atoms with Crippen LogP contribution in [0.4, 0.5) is 0 Å². The number of aromatic nitrogens is 2. The number of hydrogen-bond acceptors (Lipinski definition) is 4. The minimum absolute atomic E-state index is 0.840. The SMILES string of the molecule is COc1ccc(-c2ccc(SCc3cccc(C)c3)nn2)cc1. The predicted molar refractivity (Wildman–Crippen MR) is 94.8 cm³/mol. The fraction of sp³-hybridized carbons (Fsp3) is 0.158. The topological polar surface area (TPSA) is 35.0 Å². The molecule has 1 aromatic heterocycles. The smallest absolute Gasteiger partial charge is 0.119 e. The normalized spacial score (nSPS) is 10.5. The zero-order valence-corrected chi connectivity index (χ0v) is 14.0. The summed E-state index contributed by atoms with van der Waals surface area (Å²) in [6, 6.07) is 20.4. The Morgan fingerprint density at radius 3 is 2.43 bits per heavy atom. The lowest BCUT2D eigenvalue weighted by molar-refractivity contribution is 0.415. The lowest BCUT2D eigenvalue weighted by atomic mass is 10.1. The van der Waals surface area contributed by atoms with Gasteiger partial charge in [-0.2, -0.15) is 0 Å². The summed E-state index contributed by atoms with van der Waals surface area (Å²) in [4.78, 5) is 0. The molecule has 116 valence electrons. The zero-order valence-electron chi connectivity index (χ0n) is 13.2. The van der Waals surface area contributed by atoms with Crippen molar-refractivity contribution in [2.45, 2.75) is 17.7 Å². The minimum Gasteiger partial charge on any atom is -0.497 e. The molecule has 0 saturated carbocycles. The molecule has 3 rings (SSSR count). The van der Waals surface area contributed by atoms with Crippen molar-refractivity contribution in [3.63, 3.8) is 0 Å². The van der Waals surface area contributed by atoms with Gasteiger partial charge in [0.05, 0.1) is 12.8 Å². The van der Waals surface area contributed by atoms with Gasteiger partial charge in [0.1, 0.15) is 10.8 Å². The maximum Gasteiger partial charge on any atom is 0.119 e. The van der Waals surface area contributed by atoms with Gasteiger partial charge in [-0.3, -0.25) is 0 Å². The van der Waals surface area contributed by atoms with Gasteiger partial charge < -0.3 is 4.74 Å². The van der Waals surface area contributed by atoms with Crippen LogP contribution in [0.15, 0.2) is 65.7 Å². The molecule has 0 N–H and O–H groups in total. The lowest BCUT2D eigenvalue weighted by Crippen LogP contribution is -1.90. The Hall–Kier alpha value is -2.33. The zero-order chi connectivity index (χ0) is 16.1.